The van der Waals surface area contributed by atoms with Crippen LogP contribution in [0.25, 0.3) is 22.6 Å². The van der Waals surface area contributed by atoms with Gasteiger partial charge in [-0.25, -0.2) is 9.78 Å². The molecule has 10 heteroatoms. The van der Waals surface area contributed by atoms with E-state index in [2.05, 4.69) is 13.8 Å². The van der Waals surface area contributed by atoms with Crippen LogP contribution in [0.1, 0.15) is 45.1 Å². The zero-order valence-electron chi connectivity index (χ0n) is 24.2. The molecule has 0 fully saturated rings. The Balaban J connectivity index is 1.88. The van der Waals surface area contributed by atoms with E-state index in [9.17, 15) is 9.59 Å². The molecule has 0 N–H and O–H groups in total. The van der Waals surface area contributed by atoms with Crippen LogP contribution in [0, 0.1) is 0 Å². The average molecular weight is 551 g/mol. The second-order valence-corrected chi connectivity index (χ2v) is 9.65. The molecule has 0 amide bonds. The number of imidazole rings is 1. The smallest absolute Gasteiger partial charge is 0.332 e. The molecule has 0 atom stereocenters. The van der Waals surface area contributed by atoms with Crippen molar-refractivity contribution in [2.45, 2.75) is 46.1 Å². The Kier molecular flexibility index (Phi) is 9.19. The van der Waals surface area contributed by atoms with E-state index in [-0.39, 0.29) is 0 Å². The number of hydrogen-bond acceptors (Lipinski definition) is 7. The maximum atomic E-state index is 13.4. The fourth-order valence-corrected chi connectivity index (χ4v) is 4.51. The van der Waals surface area contributed by atoms with Gasteiger partial charge in [-0.3, -0.25) is 13.9 Å². The third-order valence-corrected chi connectivity index (χ3v) is 6.85. The van der Waals surface area contributed by atoms with Crippen molar-refractivity contribution in [3.05, 3.63) is 62.8 Å². The van der Waals surface area contributed by atoms with E-state index in [1.165, 1.54) is 11.6 Å². The molecule has 0 aliphatic rings. The molecule has 2 heterocycles. The minimum Gasteiger partial charge on any atom is -0.493 e. The molecule has 0 aliphatic heterocycles. The highest BCUT2D eigenvalue weighted by Crippen LogP contribution is 2.34. The third kappa shape index (κ3) is 5.71. The summed E-state index contributed by atoms with van der Waals surface area (Å²) in [5.74, 6) is 2.98. The summed E-state index contributed by atoms with van der Waals surface area (Å²) in [7, 11) is 6.22. The van der Waals surface area contributed by atoms with E-state index in [0.29, 0.717) is 65.3 Å². The zero-order chi connectivity index (χ0) is 28.8. The lowest BCUT2D eigenvalue weighted by atomic mass is 10.1. The minimum atomic E-state index is -0.443. The van der Waals surface area contributed by atoms with Crippen LogP contribution in [-0.2, 0) is 20.6 Å². The Morgan fingerprint density at radius 1 is 0.775 bits per heavy atom. The summed E-state index contributed by atoms with van der Waals surface area (Å²) < 4.78 is 27.4. The van der Waals surface area contributed by atoms with Crippen LogP contribution in [0.5, 0.6) is 23.0 Å². The molecular formula is C30H38N4O6. The van der Waals surface area contributed by atoms with Crippen LogP contribution in [0.2, 0.25) is 0 Å². The van der Waals surface area contributed by atoms with Crippen LogP contribution in [0.4, 0.5) is 0 Å². The van der Waals surface area contributed by atoms with Gasteiger partial charge in [-0.1, -0.05) is 32.8 Å². The fourth-order valence-electron chi connectivity index (χ4n) is 4.51. The van der Waals surface area contributed by atoms with Crippen molar-refractivity contribution < 1.29 is 18.9 Å². The molecule has 4 rings (SSSR count). The molecule has 0 saturated carbocycles. The van der Waals surface area contributed by atoms with Crippen molar-refractivity contribution in [1.29, 1.82) is 0 Å². The lowest BCUT2D eigenvalue weighted by Gasteiger charge is -2.16. The molecule has 0 aliphatic carbocycles. The normalized spacial score (nSPS) is 11.2. The number of fused-ring (bicyclic) bond motifs is 1. The first-order valence-corrected chi connectivity index (χ1v) is 13.6. The first kappa shape index (κ1) is 28.8. The largest absolute Gasteiger partial charge is 0.493 e. The minimum absolute atomic E-state index is 0.303. The van der Waals surface area contributed by atoms with Gasteiger partial charge in [0.05, 0.1) is 34.0 Å². The van der Waals surface area contributed by atoms with Crippen LogP contribution < -0.4 is 30.2 Å². The van der Waals surface area contributed by atoms with Crippen molar-refractivity contribution in [3.63, 3.8) is 0 Å². The lowest BCUT2D eigenvalue weighted by Crippen LogP contribution is -2.37. The molecule has 2 aromatic carbocycles. The van der Waals surface area contributed by atoms with E-state index in [1.807, 2.05) is 34.9 Å². The van der Waals surface area contributed by atoms with Crippen molar-refractivity contribution >= 4 is 11.2 Å². The molecule has 40 heavy (non-hydrogen) atoms. The maximum Gasteiger partial charge on any atom is 0.332 e. The summed E-state index contributed by atoms with van der Waals surface area (Å²) in [6.45, 7) is 5.74. The van der Waals surface area contributed by atoms with Gasteiger partial charge in [0.2, 0.25) is 0 Å². The number of unbranched alkanes of at least 4 members (excludes halogenated alkanes) is 2. The number of ether oxygens (including phenoxy) is 4. The Bertz CT molecular complexity index is 1600. The number of benzene rings is 2. The highest BCUT2D eigenvalue weighted by Gasteiger charge is 2.22. The summed E-state index contributed by atoms with van der Waals surface area (Å²) >= 11 is 0. The first-order chi connectivity index (χ1) is 19.3. The molecule has 214 valence electrons. The van der Waals surface area contributed by atoms with Crippen molar-refractivity contribution in [3.8, 4) is 34.4 Å². The maximum absolute atomic E-state index is 13.4. The monoisotopic (exact) mass is 550 g/mol. The number of methoxy groups -OCH3 is 2. The van der Waals surface area contributed by atoms with E-state index < -0.39 is 11.2 Å². The van der Waals surface area contributed by atoms with Gasteiger partial charge in [0.1, 0.15) is 5.82 Å². The van der Waals surface area contributed by atoms with E-state index in [4.69, 9.17) is 23.9 Å². The Labute approximate surface area is 233 Å². The Morgan fingerprint density at radius 3 is 2.08 bits per heavy atom. The summed E-state index contributed by atoms with van der Waals surface area (Å²) in [5.41, 5.74) is 1.37. The van der Waals surface area contributed by atoms with Crippen molar-refractivity contribution in [1.82, 2.24) is 18.7 Å². The Hall–Kier alpha value is -4.21. The summed E-state index contributed by atoms with van der Waals surface area (Å²) in [6.07, 6.45) is 3.93. The standard InChI is InChI=1S/C30H38N4O6/c1-7-9-15-39-23-13-11-20(17-25(23)40-16-10-8-2)19-34-26-28(32(3)30(36)33(4)29(26)35)31-27(34)21-12-14-22(37-5)24(18-21)38-6/h11-14,17-18H,7-10,15-16,19H2,1-6H3. The summed E-state index contributed by atoms with van der Waals surface area (Å²) in [4.78, 5) is 30.9. The van der Waals surface area contributed by atoms with E-state index >= 15 is 0 Å². The molecule has 0 radical (unpaired) electrons. The first-order valence-electron chi connectivity index (χ1n) is 13.6. The van der Waals surface area contributed by atoms with Gasteiger partial charge in [-0.05, 0) is 48.7 Å². The molecule has 4 aromatic rings. The van der Waals surface area contributed by atoms with Crippen LogP contribution in [0.3, 0.4) is 0 Å². The number of hydrogen-bond donors (Lipinski definition) is 0. The molecule has 0 saturated heterocycles. The highest BCUT2D eigenvalue weighted by atomic mass is 16.5. The number of rotatable bonds is 13. The lowest BCUT2D eigenvalue weighted by molar-refractivity contribution is 0.261. The van der Waals surface area contributed by atoms with Crippen molar-refractivity contribution in [2.75, 3.05) is 27.4 Å². The van der Waals surface area contributed by atoms with Gasteiger partial charge >= 0.3 is 5.69 Å². The molecule has 0 unspecified atom stereocenters. The average Bonchev–Trinajstić information content (AvgIpc) is 3.34. The van der Waals surface area contributed by atoms with Gasteiger partial charge in [0.15, 0.2) is 34.2 Å². The van der Waals surface area contributed by atoms with Crippen molar-refractivity contribution in [2.24, 2.45) is 14.1 Å². The second kappa shape index (κ2) is 12.8. The van der Waals surface area contributed by atoms with Gasteiger partial charge in [-0.15, -0.1) is 0 Å². The summed E-state index contributed by atoms with van der Waals surface area (Å²) in [6, 6.07) is 11.3. The van der Waals surface area contributed by atoms with Gasteiger partial charge < -0.3 is 23.5 Å². The van der Waals surface area contributed by atoms with Gasteiger partial charge in [0.25, 0.3) is 5.56 Å². The number of aryl methyl sites for hydroxylation is 1. The number of nitrogens with zero attached hydrogens (tertiary/aromatic N) is 4. The molecule has 0 spiro atoms. The molecule has 10 nitrogen and oxygen atoms in total. The third-order valence-electron chi connectivity index (χ3n) is 6.85. The van der Waals surface area contributed by atoms with Gasteiger partial charge in [0, 0.05) is 19.7 Å². The predicted octanol–water partition coefficient (Wildman–Crippen LogP) is 4.52. The number of aromatic nitrogens is 4. The molecule has 2 aromatic heterocycles. The predicted molar refractivity (Wildman–Crippen MR) is 155 cm³/mol. The summed E-state index contributed by atoms with van der Waals surface area (Å²) in [5, 5.41) is 0. The molecular weight excluding hydrogens is 512 g/mol. The van der Waals surface area contributed by atoms with Crippen LogP contribution in [-0.4, -0.2) is 46.1 Å². The van der Waals surface area contributed by atoms with Gasteiger partial charge in [-0.2, -0.15) is 0 Å². The van der Waals surface area contributed by atoms with E-state index in [1.54, 1.807) is 27.3 Å². The molecule has 0 bridgehead atoms. The fraction of sp³-hybridized carbons (Fsp3) is 0.433. The van der Waals surface area contributed by atoms with E-state index in [0.717, 1.165) is 35.8 Å². The topological polar surface area (TPSA) is 98.7 Å². The second-order valence-electron chi connectivity index (χ2n) is 9.65. The SMILES string of the molecule is CCCCOc1ccc(Cn2c(-c3ccc(OC)c(OC)c3)nc3c2c(=O)n(C)c(=O)n3C)cc1OCCCC. The van der Waals surface area contributed by atoms with Crippen LogP contribution in [0.15, 0.2) is 46.0 Å². The van der Waals surface area contributed by atoms with Crippen LogP contribution >= 0.6 is 0 Å². The highest BCUT2D eigenvalue weighted by molar-refractivity contribution is 5.78. The quantitative estimate of drug-likeness (QED) is 0.226. The zero-order valence-corrected chi connectivity index (χ0v) is 24.2. The Morgan fingerprint density at radius 2 is 1.43 bits per heavy atom.